The average molecular weight is 319 g/mol. The highest BCUT2D eigenvalue weighted by molar-refractivity contribution is 6.59. The van der Waals surface area contributed by atoms with Gasteiger partial charge >= 0.3 is 0 Å². The molecule has 0 N–H and O–H groups in total. The lowest BCUT2D eigenvalue weighted by Gasteiger charge is -2.31. The molecule has 0 unspecified atom stereocenters. The fourth-order valence-corrected chi connectivity index (χ4v) is 10.8. The zero-order valence-corrected chi connectivity index (χ0v) is 16.2. The predicted molar refractivity (Wildman–Crippen MR) is 99.9 cm³/mol. The molecule has 22 heavy (non-hydrogen) atoms. The Hall–Kier alpha value is 0.532. The molecule has 0 radical (unpaired) electrons. The van der Waals surface area contributed by atoms with Crippen molar-refractivity contribution >= 4 is 14.1 Å². The van der Waals surface area contributed by atoms with Gasteiger partial charge in [0.2, 0.25) is 0 Å². The lowest BCUT2D eigenvalue weighted by atomic mass is 9.90. The van der Waals surface area contributed by atoms with Gasteiger partial charge in [-0.1, -0.05) is 130 Å². The molecule has 0 saturated heterocycles. The normalized spacial score (nSPS) is 26.2. The summed E-state index contributed by atoms with van der Waals surface area (Å²) in [5.41, 5.74) is 0. The first-order valence-corrected chi connectivity index (χ1v) is 13.3. The number of hydrogen-bond donors (Lipinski definition) is 0. The molecule has 126 valence electrons. The van der Waals surface area contributed by atoms with Crippen molar-refractivity contribution in [3.8, 4) is 0 Å². The van der Waals surface area contributed by atoms with Crippen molar-refractivity contribution in [2.45, 2.75) is 112 Å². The molecule has 0 nitrogen and oxygen atoms in total. The second kappa shape index (κ2) is 9.74. The van der Waals surface area contributed by atoms with Crippen LogP contribution in [0.1, 0.15) is 96.3 Å². The van der Waals surface area contributed by atoms with Crippen molar-refractivity contribution < 1.29 is 0 Å². The Bertz CT molecular complexity index is 235. The van der Waals surface area contributed by atoms with Gasteiger partial charge in [0, 0.05) is 0 Å². The van der Waals surface area contributed by atoms with E-state index >= 15 is 0 Å². The highest BCUT2D eigenvalue weighted by Crippen LogP contribution is 2.37. The minimum absolute atomic E-state index is 0.453. The third-order valence-electron chi connectivity index (χ3n) is 7.17. The van der Waals surface area contributed by atoms with E-state index in [1.807, 2.05) is 0 Å². The van der Waals surface area contributed by atoms with Crippen LogP contribution in [0.3, 0.4) is 0 Å². The fraction of sp³-hybridized carbons (Fsp3) is 1.00. The third kappa shape index (κ3) is 5.87. The summed E-state index contributed by atoms with van der Waals surface area (Å²) in [6.45, 7) is 0. The van der Waals surface area contributed by atoms with Crippen molar-refractivity contribution in [3.63, 3.8) is 0 Å². The first-order chi connectivity index (χ1) is 10.9. The zero-order valence-electron chi connectivity index (χ0n) is 15.0. The van der Waals surface area contributed by atoms with Crippen LogP contribution in [0.4, 0.5) is 0 Å². The molecule has 3 fully saturated rings. The molecule has 0 atom stereocenters. The van der Waals surface area contributed by atoms with Crippen LogP contribution >= 0.6 is 0 Å². The van der Waals surface area contributed by atoms with Crippen LogP contribution in [0.15, 0.2) is 0 Å². The molecule has 0 spiro atoms. The van der Waals surface area contributed by atoms with E-state index in [9.17, 15) is 0 Å². The number of rotatable bonds is 6. The van der Waals surface area contributed by atoms with E-state index in [2.05, 4.69) is 0 Å². The van der Waals surface area contributed by atoms with E-state index in [1.54, 1.807) is 92.9 Å². The lowest BCUT2D eigenvalue weighted by Crippen LogP contribution is -2.26. The van der Waals surface area contributed by atoms with Crippen LogP contribution in [0, 0.1) is 17.8 Å². The second-order valence-corrected chi connectivity index (χ2v) is 12.2. The maximum atomic E-state index is 1.74. The van der Waals surface area contributed by atoms with Crippen molar-refractivity contribution in [2.75, 3.05) is 0 Å². The molecule has 0 aliphatic heterocycles. The Balaban J connectivity index is 1.50. The van der Waals surface area contributed by atoms with Crippen LogP contribution in [0.5, 0.6) is 0 Å². The number of hydrogen-bond acceptors (Lipinski definition) is 0. The molecular weight excluding hydrogens is 279 g/mol. The monoisotopic (exact) mass is 318 g/mol. The molecule has 1 heteroatoms. The molecule has 0 aromatic heterocycles. The summed E-state index contributed by atoms with van der Waals surface area (Å²) in [4.78, 5) is 0. The summed E-state index contributed by atoms with van der Waals surface area (Å²) in [5, 5.41) is 5.23. The van der Waals surface area contributed by atoms with E-state index in [0.29, 0.717) is 0 Å². The minimum Gasteiger partial charge on any atom is -0.0910 e. The van der Waals surface area contributed by atoms with Gasteiger partial charge in [-0.3, -0.25) is 0 Å². The van der Waals surface area contributed by atoms with Crippen molar-refractivity contribution in [1.82, 2.24) is 0 Å². The maximum Gasteiger partial charge on any atom is 0.262 e. The second-order valence-electron chi connectivity index (χ2n) is 9.09. The van der Waals surface area contributed by atoms with E-state index in [0.717, 1.165) is 17.8 Å². The van der Waals surface area contributed by atoms with Gasteiger partial charge in [-0.05, 0) is 0 Å². The van der Waals surface area contributed by atoms with Gasteiger partial charge < -0.3 is 0 Å². The summed E-state index contributed by atoms with van der Waals surface area (Å²) in [7, 11) is 0. The van der Waals surface area contributed by atoms with Crippen LogP contribution in [0.25, 0.3) is 0 Å². The van der Waals surface area contributed by atoms with Gasteiger partial charge in [0.05, 0.1) is 0 Å². The molecule has 0 aromatic carbocycles. The molecular formula is C21H39Al. The molecule has 0 amide bonds. The van der Waals surface area contributed by atoms with Crippen LogP contribution in [-0.4, -0.2) is 14.1 Å². The van der Waals surface area contributed by atoms with Crippen LogP contribution in [0.2, 0.25) is 15.8 Å². The molecule has 3 saturated carbocycles. The quantitative estimate of drug-likeness (QED) is 0.453. The SMILES string of the molecule is C1CCC([CH2][Al]([CH2]C2CCCCC2)[CH2]C2CCCCC2)CC1. The largest absolute Gasteiger partial charge is 0.262 e. The molecule has 3 aliphatic rings. The summed E-state index contributed by atoms with van der Waals surface area (Å²) in [6, 6.07) is 0. The van der Waals surface area contributed by atoms with Gasteiger partial charge in [-0.15, -0.1) is 0 Å². The fourth-order valence-electron chi connectivity index (χ4n) is 5.97. The van der Waals surface area contributed by atoms with Crippen molar-refractivity contribution in [2.24, 2.45) is 17.8 Å². The smallest absolute Gasteiger partial charge is 0.0910 e. The van der Waals surface area contributed by atoms with Gasteiger partial charge in [-0.25, -0.2) is 0 Å². The summed E-state index contributed by atoms with van der Waals surface area (Å²) in [5.74, 6) is 3.49. The van der Waals surface area contributed by atoms with Crippen LogP contribution in [-0.2, 0) is 0 Å². The van der Waals surface area contributed by atoms with Gasteiger partial charge in [0.15, 0.2) is 0 Å². The molecule has 0 aromatic rings. The Morgan fingerprint density at radius 2 is 0.682 bits per heavy atom. The van der Waals surface area contributed by atoms with Gasteiger partial charge in [0.1, 0.15) is 0 Å². The van der Waals surface area contributed by atoms with Crippen molar-refractivity contribution in [1.29, 1.82) is 0 Å². The summed E-state index contributed by atoms with van der Waals surface area (Å²) >= 11 is -0.453. The van der Waals surface area contributed by atoms with E-state index in [-0.39, 0.29) is 0 Å². The van der Waals surface area contributed by atoms with Crippen LogP contribution < -0.4 is 0 Å². The zero-order chi connectivity index (χ0) is 15.0. The Morgan fingerprint density at radius 1 is 0.409 bits per heavy atom. The Kier molecular flexibility index (Phi) is 7.68. The summed E-state index contributed by atoms with van der Waals surface area (Å²) in [6.07, 6.45) is 23.5. The highest BCUT2D eigenvalue weighted by atomic mass is 27.2. The van der Waals surface area contributed by atoms with E-state index < -0.39 is 14.1 Å². The first-order valence-electron chi connectivity index (χ1n) is 10.9. The maximum absolute atomic E-state index is 1.74. The van der Waals surface area contributed by atoms with Crippen molar-refractivity contribution in [3.05, 3.63) is 0 Å². The average Bonchev–Trinajstić information content (AvgIpc) is 2.57. The molecule has 3 aliphatic carbocycles. The topological polar surface area (TPSA) is 0 Å². The standard InChI is InChI=1S/3C7H13.Al/c3*1-7-5-3-2-4-6-7;/h3*7H,1-6H2;. The Morgan fingerprint density at radius 3 is 0.955 bits per heavy atom. The molecule has 3 rings (SSSR count). The molecule has 0 bridgehead atoms. The molecule has 0 heterocycles. The minimum atomic E-state index is -0.453. The van der Waals surface area contributed by atoms with E-state index in [4.69, 9.17) is 0 Å². The summed E-state index contributed by atoms with van der Waals surface area (Å²) < 4.78 is 0. The highest BCUT2D eigenvalue weighted by Gasteiger charge is 2.30. The van der Waals surface area contributed by atoms with Gasteiger partial charge in [0.25, 0.3) is 14.1 Å². The van der Waals surface area contributed by atoms with Gasteiger partial charge in [-0.2, -0.15) is 0 Å². The van der Waals surface area contributed by atoms with E-state index in [1.165, 1.54) is 19.3 Å². The third-order valence-corrected chi connectivity index (χ3v) is 11.2. The Labute approximate surface area is 144 Å². The lowest BCUT2D eigenvalue weighted by molar-refractivity contribution is 0.359. The first kappa shape index (κ1) is 17.4. The predicted octanol–water partition coefficient (Wildman–Crippen LogP) is 7.22.